The van der Waals surface area contributed by atoms with Crippen molar-refractivity contribution in [2.45, 2.75) is 0 Å². The number of nitrogens with one attached hydrogen (secondary N) is 1. The van der Waals surface area contributed by atoms with E-state index in [1.54, 1.807) is 18.3 Å². The smallest absolute Gasteiger partial charge is 0.147 e. The number of rotatable bonds is 0. The van der Waals surface area contributed by atoms with E-state index in [1.165, 1.54) is 6.07 Å². The van der Waals surface area contributed by atoms with E-state index in [4.69, 9.17) is 0 Å². The van der Waals surface area contributed by atoms with Crippen LogP contribution in [-0.2, 0) is 0 Å². The Morgan fingerprint density at radius 3 is 3.10 bits per heavy atom. The summed E-state index contributed by atoms with van der Waals surface area (Å²) in [6, 6.07) is 7.65. The van der Waals surface area contributed by atoms with Gasteiger partial charge in [-0.1, -0.05) is 6.07 Å². The first-order valence-electron chi connectivity index (χ1n) is 3.01. The second-order valence-corrected chi connectivity index (χ2v) is 2.09. The largest absolute Gasteiger partial charge is 0.359 e. The lowest BCUT2D eigenvalue weighted by molar-refractivity contribution is 0.637. The maximum absolute atomic E-state index is 12.8. The SMILES string of the molecule is Fc1cc[c]c2cc[nH]c12. The minimum absolute atomic E-state index is 0.223. The Morgan fingerprint density at radius 1 is 1.40 bits per heavy atom. The molecule has 0 amide bonds. The van der Waals surface area contributed by atoms with Crippen molar-refractivity contribution in [1.82, 2.24) is 4.98 Å². The Morgan fingerprint density at radius 2 is 2.30 bits per heavy atom. The van der Waals surface area contributed by atoms with Crippen LogP contribution in [0.15, 0.2) is 24.4 Å². The van der Waals surface area contributed by atoms with E-state index in [0.29, 0.717) is 5.52 Å². The van der Waals surface area contributed by atoms with Crippen LogP contribution in [0.25, 0.3) is 10.9 Å². The van der Waals surface area contributed by atoms with Gasteiger partial charge in [-0.2, -0.15) is 0 Å². The van der Waals surface area contributed by atoms with Crippen LogP contribution in [0, 0.1) is 11.9 Å². The average molecular weight is 134 g/mol. The van der Waals surface area contributed by atoms with Crippen molar-refractivity contribution in [2.75, 3.05) is 0 Å². The molecule has 0 unspecified atom stereocenters. The van der Waals surface area contributed by atoms with E-state index in [1.807, 2.05) is 0 Å². The predicted octanol–water partition coefficient (Wildman–Crippen LogP) is 2.11. The summed E-state index contributed by atoms with van der Waals surface area (Å²) in [7, 11) is 0. The van der Waals surface area contributed by atoms with Gasteiger partial charge in [0.15, 0.2) is 0 Å². The fraction of sp³-hybridized carbons (Fsp3) is 0. The molecule has 10 heavy (non-hydrogen) atoms. The number of fused-ring (bicyclic) bond motifs is 1. The molecule has 1 aromatic heterocycles. The second-order valence-electron chi connectivity index (χ2n) is 2.09. The van der Waals surface area contributed by atoms with Gasteiger partial charge in [0.2, 0.25) is 0 Å². The molecule has 1 nitrogen and oxygen atoms in total. The van der Waals surface area contributed by atoms with Gasteiger partial charge in [-0.3, -0.25) is 0 Å². The summed E-state index contributed by atoms with van der Waals surface area (Å²) in [5, 5.41) is 0.792. The minimum atomic E-state index is -0.223. The number of aromatic amines is 1. The highest BCUT2D eigenvalue weighted by atomic mass is 19.1. The van der Waals surface area contributed by atoms with E-state index >= 15 is 0 Å². The number of H-pyrrole nitrogens is 1. The van der Waals surface area contributed by atoms with Gasteiger partial charge >= 0.3 is 0 Å². The quantitative estimate of drug-likeness (QED) is 0.568. The third-order valence-corrected chi connectivity index (χ3v) is 1.45. The molecule has 0 atom stereocenters. The molecule has 49 valence electrons. The van der Waals surface area contributed by atoms with Gasteiger partial charge in [-0.25, -0.2) is 4.39 Å². The van der Waals surface area contributed by atoms with Crippen molar-refractivity contribution >= 4 is 10.9 Å². The standard InChI is InChI=1S/C8H5FN/c9-7-3-1-2-6-4-5-10-8(6)7/h1,3-5,10H. The van der Waals surface area contributed by atoms with Gasteiger partial charge in [-0.05, 0) is 18.2 Å². The number of hydrogen-bond acceptors (Lipinski definition) is 0. The molecular formula is C8H5FN. The topological polar surface area (TPSA) is 15.8 Å². The number of aromatic nitrogens is 1. The summed E-state index contributed by atoms with van der Waals surface area (Å²) in [5.74, 6) is -0.223. The summed E-state index contributed by atoms with van der Waals surface area (Å²) in [6.45, 7) is 0. The van der Waals surface area contributed by atoms with E-state index in [2.05, 4.69) is 11.1 Å². The fourth-order valence-corrected chi connectivity index (χ4v) is 0.975. The van der Waals surface area contributed by atoms with Crippen LogP contribution in [0.5, 0.6) is 0 Å². The van der Waals surface area contributed by atoms with Crippen LogP contribution in [-0.4, -0.2) is 4.98 Å². The van der Waals surface area contributed by atoms with Crippen molar-refractivity contribution in [3.63, 3.8) is 0 Å². The molecule has 2 rings (SSSR count). The van der Waals surface area contributed by atoms with E-state index in [9.17, 15) is 4.39 Å². The van der Waals surface area contributed by atoms with Gasteiger partial charge in [0.05, 0.1) is 5.52 Å². The first-order valence-corrected chi connectivity index (χ1v) is 3.01. The van der Waals surface area contributed by atoms with Crippen molar-refractivity contribution in [3.8, 4) is 0 Å². The molecular weight excluding hydrogens is 129 g/mol. The van der Waals surface area contributed by atoms with Crippen LogP contribution < -0.4 is 0 Å². The van der Waals surface area contributed by atoms with E-state index in [0.717, 1.165) is 5.39 Å². The molecule has 0 fully saturated rings. The maximum atomic E-state index is 12.8. The summed E-state index contributed by atoms with van der Waals surface area (Å²) in [6.07, 6.45) is 1.70. The molecule has 0 spiro atoms. The Bertz CT molecular complexity index is 351. The lowest BCUT2D eigenvalue weighted by atomic mass is 10.2. The molecule has 1 aromatic carbocycles. The first-order chi connectivity index (χ1) is 4.88. The monoisotopic (exact) mass is 134 g/mol. The normalized spacial score (nSPS) is 10.5. The predicted molar refractivity (Wildman–Crippen MR) is 37.1 cm³/mol. The van der Waals surface area contributed by atoms with Crippen molar-refractivity contribution in [2.24, 2.45) is 0 Å². The van der Waals surface area contributed by atoms with E-state index < -0.39 is 0 Å². The number of benzene rings is 1. The molecule has 0 aliphatic heterocycles. The summed E-state index contributed by atoms with van der Waals surface area (Å²) < 4.78 is 12.8. The van der Waals surface area contributed by atoms with Crippen LogP contribution in [0.3, 0.4) is 0 Å². The van der Waals surface area contributed by atoms with Crippen LogP contribution in [0.2, 0.25) is 0 Å². The lowest BCUT2D eigenvalue weighted by Crippen LogP contribution is -1.74. The first kappa shape index (κ1) is 5.47. The third-order valence-electron chi connectivity index (χ3n) is 1.45. The maximum Gasteiger partial charge on any atom is 0.147 e. The zero-order valence-electron chi connectivity index (χ0n) is 5.19. The highest BCUT2D eigenvalue weighted by Crippen LogP contribution is 2.13. The zero-order chi connectivity index (χ0) is 6.97. The molecule has 0 saturated carbocycles. The Labute approximate surface area is 57.5 Å². The third kappa shape index (κ3) is 0.620. The number of halogens is 1. The molecule has 2 aromatic rings. The molecule has 0 aliphatic carbocycles. The Balaban J connectivity index is 2.95. The molecule has 1 N–H and O–H groups in total. The van der Waals surface area contributed by atoms with Crippen LogP contribution in [0.1, 0.15) is 0 Å². The Hall–Kier alpha value is -1.31. The summed E-state index contributed by atoms with van der Waals surface area (Å²) in [4.78, 5) is 2.78. The van der Waals surface area contributed by atoms with Gasteiger partial charge in [0.25, 0.3) is 0 Å². The summed E-state index contributed by atoms with van der Waals surface area (Å²) in [5.41, 5.74) is 0.530. The fourth-order valence-electron chi connectivity index (χ4n) is 0.975. The van der Waals surface area contributed by atoms with Crippen molar-refractivity contribution in [1.29, 1.82) is 0 Å². The van der Waals surface area contributed by atoms with Gasteiger partial charge < -0.3 is 4.98 Å². The molecule has 0 bridgehead atoms. The number of hydrogen-bond donors (Lipinski definition) is 1. The molecule has 0 aliphatic rings. The molecule has 2 heteroatoms. The highest BCUT2D eigenvalue weighted by Gasteiger charge is 1.97. The highest BCUT2D eigenvalue weighted by molar-refractivity contribution is 5.78. The van der Waals surface area contributed by atoms with Gasteiger partial charge in [0, 0.05) is 11.6 Å². The van der Waals surface area contributed by atoms with Crippen molar-refractivity contribution in [3.05, 3.63) is 36.3 Å². The lowest BCUT2D eigenvalue weighted by Gasteiger charge is -1.88. The summed E-state index contributed by atoms with van der Waals surface area (Å²) >= 11 is 0. The average Bonchev–Trinajstić information content (AvgIpc) is 2.36. The second kappa shape index (κ2) is 1.84. The molecule has 1 radical (unpaired) electrons. The molecule has 0 saturated heterocycles. The minimum Gasteiger partial charge on any atom is -0.359 e. The Kier molecular flexibility index (Phi) is 1.01. The van der Waals surface area contributed by atoms with Gasteiger partial charge in [-0.15, -0.1) is 0 Å². The van der Waals surface area contributed by atoms with E-state index in [-0.39, 0.29) is 5.82 Å². The van der Waals surface area contributed by atoms with Gasteiger partial charge in [0.1, 0.15) is 5.82 Å². The van der Waals surface area contributed by atoms with Crippen LogP contribution in [0.4, 0.5) is 4.39 Å². The molecule has 1 heterocycles. The van der Waals surface area contributed by atoms with Crippen molar-refractivity contribution < 1.29 is 4.39 Å². The zero-order valence-corrected chi connectivity index (χ0v) is 5.19. The van der Waals surface area contributed by atoms with Crippen LogP contribution >= 0.6 is 0 Å².